The number of halogens is 2. The fourth-order valence-corrected chi connectivity index (χ4v) is 3.93. The fraction of sp³-hybridized carbons (Fsp3) is 0.300. The van der Waals surface area contributed by atoms with Crippen LogP contribution in [0, 0.1) is 0 Å². The van der Waals surface area contributed by atoms with Crippen molar-refractivity contribution in [3.63, 3.8) is 0 Å². The number of aromatic amines is 1. The van der Waals surface area contributed by atoms with Crippen molar-refractivity contribution in [1.82, 2.24) is 4.98 Å². The topological polar surface area (TPSA) is 60.3 Å². The molecule has 6 heteroatoms. The average molecular weight is 393 g/mol. The molecule has 0 atom stereocenters. The van der Waals surface area contributed by atoms with E-state index in [1.54, 1.807) is 20.3 Å². The van der Waals surface area contributed by atoms with Crippen molar-refractivity contribution in [3.8, 4) is 22.8 Å². The Kier molecular flexibility index (Phi) is 5.97. The van der Waals surface area contributed by atoms with Gasteiger partial charge in [-0.1, -0.05) is 29.3 Å². The predicted octanol–water partition coefficient (Wildman–Crippen LogP) is 5.44. The van der Waals surface area contributed by atoms with E-state index in [1.807, 2.05) is 24.3 Å². The molecule has 0 bridgehead atoms. The first kappa shape index (κ1) is 18.9. The molecule has 0 saturated heterocycles. The molecule has 1 heterocycles. The molecular formula is C20H22Cl2N2O2. The maximum Gasteiger partial charge on any atom is 0.170 e. The number of aryl methyl sites for hydroxylation is 1. The molecule has 3 N–H and O–H groups in total. The fourth-order valence-electron chi connectivity index (χ4n) is 3.32. The Labute approximate surface area is 163 Å². The van der Waals surface area contributed by atoms with Gasteiger partial charge in [0.25, 0.3) is 0 Å². The van der Waals surface area contributed by atoms with E-state index in [4.69, 9.17) is 38.4 Å². The number of methoxy groups -OCH3 is 2. The molecule has 26 heavy (non-hydrogen) atoms. The highest BCUT2D eigenvalue weighted by Crippen LogP contribution is 2.43. The molecule has 0 radical (unpaired) electrons. The van der Waals surface area contributed by atoms with Crippen molar-refractivity contribution in [2.45, 2.75) is 19.3 Å². The van der Waals surface area contributed by atoms with Gasteiger partial charge in [0.05, 0.1) is 24.9 Å². The number of fused-ring (bicyclic) bond motifs is 1. The molecule has 1 aromatic heterocycles. The Morgan fingerprint density at radius 3 is 2.58 bits per heavy atom. The predicted molar refractivity (Wildman–Crippen MR) is 109 cm³/mol. The van der Waals surface area contributed by atoms with Gasteiger partial charge in [0.15, 0.2) is 11.5 Å². The third-order valence-corrected chi connectivity index (χ3v) is 4.99. The zero-order valence-corrected chi connectivity index (χ0v) is 16.4. The van der Waals surface area contributed by atoms with E-state index in [0.29, 0.717) is 28.1 Å². The number of aromatic nitrogens is 1. The quantitative estimate of drug-likeness (QED) is 0.526. The van der Waals surface area contributed by atoms with Crippen LogP contribution in [0.2, 0.25) is 10.0 Å². The SMILES string of the molecule is COc1cccc(-c2[nH]c3cc(Cl)cc(Cl)c3c2CCCCN)c1OC. The van der Waals surface area contributed by atoms with Gasteiger partial charge in [0.1, 0.15) is 0 Å². The molecule has 0 saturated carbocycles. The van der Waals surface area contributed by atoms with Crippen molar-refractivity contribution in [2.75, 3.05) is 20.8 Å². The van der Waals surface area contributed by atoms with E-state index in [0.717, 1.165) is 47.0 Å². The van der Waals surface area contributed by atoms with Crippen LogP contribution in [-0.2, 0) is 6.42 Å². The van der Waals surface area contributed by atoms with Crippen molar-refractivity contribution >= 4 is 34.1 Å². The molecule has 0 spiro atoms. The molecule has 0 unspecified atom stereocenters. The summed E-state index contributed by atoms with van der Waals surface area (Å²) in [7, 11) is 3.27. The molecule has 3 aromatic rings. The van der Waals surface area contributed by atoms with Gasteiger partial charge in [-0.25, -0.2) is 0 Å². The summed E-state index contributed by atoms with van der Waals surface area (Å²) < 4.78 is 11.1. The number of para-hydroxylation sites is 1. The zero-order chi connectivity index (χ0) is 18.7. The van der Waals surface area contributed by atoms with Crippen molar-refractivity contribution < 1.29 is 9.47 Å². The Morgan fingerprint density at radius 1 is 1.08 bits per heavy atom. The van der Waals surface area contributed by atoms with Crippen LogP contribution in [0.5, 0.6) is 11.5 Å². The maximum absolute atomic E-state index is 6.53. The van der Waals surface area contributed by atoms with Crippen LogP contribution in [0.3, 0.4) is 0 Å². The lowest BCUT2D eigenvalue weighted by molar-refractivity contribution is 0.356. The minimum Gasteiger partial charge on any atom is -0.493 e. The summed E-state index contributed by atoms with van der Waals surface area (Å²) in [6.45, 7) is 0.666. The molecule has 3 rings (SSSR count). The molecule has 0 aliphatic heterocycles. The number of nitrogens with two attached hydrogens (primary N) is 1. The van der Waals surface area contributed by atoms with Crippen LogP contribution in [-0.4, -0.2) is 25.7 Å². The van der Waals surface area contributed by atoms with Crippen molar-refractivity contribution in [2.24, 2.45) is 5.73 Å². The van der Waals surface area contributed by atoms with Crippen LogP contribution in [0.1, 0.15) is 18.4 Å². The Bertz CT molecular complexity index is 922. The number of H-pyrrole nitrogens is 1. The van der Waals surface area contributed by atoms with Gasteiger partial charge in [0.2, 0.25) is 0 Å². The molecular weight excluding hydrogens is 371 g/mol. The Hall–Kier alpha value is -1.88. The van der Waals surface area contributed by atoms with Gasteiger partial charge in [-0.2, -0.15) is 0 Å². The van der Waals surface area contributed by atoms with E-state index < -0.39 is 0 Å². The van der Waals surface area contributed by atoms with E-state index in [1.165, 1.54) is 0 Å². The first-order valence-corrected chi connectivity index (χ1v) is 9.27. The van der Waals surface area contributed by atoms with E-state index in [-0.39, 0.29) is 0 Å². The maximum atomic E-state index is 6.53. The number of hydrogen-bond acceptors (Lipinski definition) is 3. The summed E-state index contributed by atoms with van der Waals surface area (Å²) in [5.41, 5.74) is 9.62. The average Bonchev–Trinajstić information content (AvgIpc) is 2.99. The summed E-state index contributed by atoms with van der Waals surface area (Å²) in [4.78, 5) is 3.48. The minimum atomic E-state index is 0.599. The van der Waals surface area contributed by atoms with Gasteiger partial charge < -0.3 is 20.2 Å². The summed E-state index contributed by atoms with van der Waals surface area (Å²) in [5, 5.41) is 2.23. The number of nitrogens with one attached hydrogen (secondary N) is 1. The van der Waals surface area contributed by atoms with Crippen LogP contribution < -0.4 is 15.2 Å². The van der Waals surface area contributed by atoms with E-state index >= 15 is 0 Å². The Balaban J connectivity index is 2.25. The van der Waals surface area contributed by atoms with Crippen LogP contribution in [0.4, 0.5) is 0 Å². The second-order valence-corrected chi connectivity index (χ2v) is 6.92. The van der Waals surface area contributed by atoms with E-state index in [2.05, 4.69) is 4.98 Å². The number of hydrogen-bond donors (Lipinski definition) is 2. The number of unbranched alkanes of at least 4 members (excludes halogenated alkanes) is 1. The number of ether oxygens (including phenoxy) is 2. The molecule has 4 nitrogen and oxygen atoms in total. The third kappa shape index (κ3) is 3.50. The summed E-state index contributed by atoms with van der Waals surface area (Å²) in [6, 6.07) is 9.50. The Morgan fingerprint density at radius 2 is 1.88 bits per heavy atom. The van der Waals surface area contributed by atoms with Gasteiger partial charge in [-0.05, 0) is 55.6 Å². The highest BCUT2D eigenvalue weighted by Gasteiger charge is 2.20. The molecule has 0 aliphatic rings. The first-order chi connectivity index (χ1) is 12.6. The molecule has 138 valence electrons. The van der Waals surface area contributed by atoms with E-state index in [9.17, 15) is 0 Å². The summed E-state index contributed by atoms with van der Waals surface area (Å²) in [6.07, 6.45) is 2.78. The smallest absolute Gasteiger partial charge is 0.170 e. The lowest BCUT2D eigenvalue weighted by Crippen LogP contribution is -2.00. The lowest BCUT2D eigenvalue weighted by Gasteiger charge is -2.13. The van der Waals surface area contributed by atoms with Gasteiger partial charge in [0, 0.05) is 21.5 Å². The second kappa shape index (κ2) is 8.21. The van der Waals surface area contributed by atoms with Gasteiger partial charge >= 0.3 is 0 Å². The monoisotopic (exact) mass is 392 g/mol. The van der Waals surface area contributed by atoms with Crippen molar-refractivity contribution in [3.05, 3.63) is 45.9 Å². The summed E-state index contributed by atoms with van der Waals surface area (Å²) >= 11 is 12.7. The normalized spacial score (nSPS) is 11.1. The largest absolute Gasteiger partial charge is 0.493 e. The summed E-state index contributed by atoms with van der Waals surface area (Å²) in [5.74, 6) is 1.37. The van der Waals surface area contributed by atoms with Crippen LogP contribution in [0.15, 0.2) is 30.3 Å². The minimum absolute atomic E-state index is 0.599. The second-order valence-electron chi connectivity index (χ2n) is 6.08. The first-order valence-electron chi connectivity index (χ1n) is 8.51. The van der Waals surface area contributed by atoms with Crippen molar-refractivity contribution in [1.29, 1.82) is 0 Å². The van der Waals surface area contributed by atoms with Gasteiger partial charge in [-0.15, -0.1) is 0 Å². The highest BCUT2D eigenvalue weighted by atomic mass is 35.5. The van der Waals surface area contributed by atoms with Crippen LogP contribution >= 0.6 is 23.2 Å². The molecule has 0 aliphatic carbocycles. The molecule has 2 aromatic carbocycles. The zero-order valence-electron chi connectivity index (χ0n) is 14.9. The highest BCUT2D eigenvalue weighted by molar-refractivity contribution is 6.39. The molecule has 0 amide bonds. The van der Waals surface area contributed by atoms with Crippen LogP contribution in [0.25, 0.3) is 22.2 Å². The number of benzene rings is 2. The number of rotatable bonds is 7. The molecule has 0 fully saturated rings. The third-order valence-electron chi connectivity index (χ3n) is 4.47. The standard InChI is InChI=1S/C20H22Cl2N2O2/c1-25-17-8-5-7-14(20(17)26-2)19-13(6-3-4-9-23)18-15(22)10-12(21)11-16(18)24-19/h5,7-8,10-11,24H,3-4,6,9,23H2,1-2H3. The van der Waals surface area contributed by atoms with Gasteiger partial charge in [-0.3, -0.25) is 0 Å². The lowest BCUT2D eigenvalue weighted by atomic mass is 9.99.